The van der Waals surface area contributed by atoms with Crippen LogP contribution in [0.25, 0.3) is 0 Å². The fraction of sp³-hybridized carbons (Fsp3) is 0. The van der Waals surface area contributed by atoms with Crippen molar-refractivity contribution >= 4 is 51.2 Å². The second-order valence-corrected chi connectivity index (χ2v) is 7.11. The van der Waals surface area contributed by atoms with Crippen molar-refractivity contribution in [1.82, 2.24) is 5.43 Å². The van der Waals surface area contributed by atoms with Gasteiger partial charge in [0.1, 0.15) is 0 Å². The molecular weight excluding hydrogens is 442 g/mol. The number of carbonyl (C=O) groups is 2. The fourth-order valence-corrected chi connectivity index (χ4v) is 2.75. The van der Waals surface area contributed by atoms with E-state index in [1.165, 1.54) is 0 Å². The molecule has 0 unspecified atom stereocenters. The molecule has 140 valence electrons. The topological polar surface area (TPSA) is 70.6 Å². The van der Waals surface area contributed by atoms with Gasteiger partial charge < -0.3 is 5.32 Å². The maximum absolute atomic E-state index is 12.5. The van der Waals surface area contributed by atoms with Crippen LogP contribution >= 0.6 is 27.5 Å². The Bertz CT molecular complexity index is 1020. The highest BCUT2D eigenvalue weighted by Gasteiger charge is 2.13. The van der Waals surface area contributed by atoms with Gasteiger partial charge in [0.15, 0.2) is 0 Å². The first kappa shape index (κ1) is 19.8. The lowest BCUT2D eigenvalue weighted by Gasteiger charge is -2.10. The quantitative estimate of drug-likeness (QED) is 0.413. The SMILES string of the molecule is O=C(Nc1ccccc1C(=O)N/N=C\c1ccc(Br)cc1)c1ccc(Cl)cc1. The van der Waals surface area contributed by atoms with Gasteiger partial charge in [0.2, 0.25) is 0 Å². The van der Waals surface area contributed by atoms with Gasteiger partial charge in [-0.25, -0.2) is 5.43 Å². The van der Waals surface area contributed by atoms with Gasteiger partial charge in [0.25, 0.3) is 11.8 Å². The number of nitrogens with one attached hydrogen (secondary N) is 2. The Hall–Kier alpha value is -2.96. The van der Waals surface area contributed by atoms with Crippen molar-refractivity contribution in [3.63, 3.8) is 0 Å². The highest BCUT2D eigenvalue weighted by atomic mass is 79.9. The van der Waals surface area contributed by atoms with E-state index in [0.29, 0.717) is 21.8 Å². The molecule has 0 aliphatic rings. The molecule has 0 aliphatic heterocycles. The standard InChI is InChI=1S/C21H15BrClN3O2/c22-16-9-5-14(6-10-16)13-24-26-21(28)18-3-1-2-4-19(18)25-20(27)15-7-11-17(23)12-8-15/h1-13H,(H,25,27)(H,26,28)/b24-13-. The van der Waals surface area contributed by atoms with Crippen LogP contribution in [0.2, 0.25) is 5.02 Å². The van der Waals surface area contributed by atoms with E-state index < -0.39 is 5.91 Å². The van der Waals surface area contributed by atoms with Crippen LogP contribution in [0.4, 0.5) is 5.69 Å². The second kappa shape index (κ2) is 9.30. The molecule has 0 atom stereocenters. The Labute approximate surface area is 175 Å². The van der Waals surface area contributed by atoms with E-state index in [0.717, 1.165) is 10.0 Å². The number of anilines is 1. The summed E-state index contributed by atoms with van der Waals surface area (Å²) in [6.45, 7) is 0. The molecular formula is C21H15BrClN3O2. The van der Waals surface area contributed by atoms with Gasteiger partial charge in [0, 0.05) is 15.1 Å². The molecule has 28 heavy (non-hydrogen) atoms. The molecule has 3 aromatic rings. The first-order chi connectivity index (χ1) is 13.5. The van der Waals surface area contributed by atoms with Crippen LogP contribution in [0.3, 0.4) is 0 Å². The van der Waals surface area contributed by atoms with Crippen molar-refractivity contribution < 1.29 is 9.59 Å². The zero-order valence-electron chi connectivity index (χ0n) is 14.5. The number of hydrogen-bond acceptors (Lipinski definition) is 3. The number of carbonyl (C=O) groups excluding carboxylic acids is 2. The summed E-state index contributed by atoms with van der Waals surface area (Å²) in [5.41, 5.74) is 4.44. The third-order valence-electron chi connectivity index (χ3n) is 3.78. The number of hydrogen-bond donors (Lipinski definition) is 2. The molecule has 2 amide bonds. The number of rotatable bonds is 5. The third-order valence-corrected chi connectivity index (χ3v) is 4.56. The van der Waals surface area contributed by atoms with Crippen molar-refractivity contribution in [2.45, 2.75) is 0 Å². The van der Waals surface area contributed by atoms with Crippen LogP contribution in [0.5, 0.6) is 0 Å². The van der Waals surface area contributed by atoms with Crippen LogP contribution in [0, 0.1) is 0 Å². The summed E-state index contributed by atoms with van der Waals surface area (Å²) in [5, 5.41) is 7.25. The van der Waals surface area contributed by atoms with Crippen molar-refractivity contribution in [3.8, 4) is 0 Å². The van der Waals surface area contributed by atoms with Crippen molar-refractivity contribution in [2.75, 3.05) is 5.32 Å². The fourth-order valence-electron chi connectivity index (χ4n) is 2.36. The Morgan fingerprint density at radius 3 is 2.29 bits per heavy atom. The molecule has 0 heterocycles. The van der Waals surface area contributed by atoms with Crippen molar-refractivity contribution in [1.29, 1.82) is 0 Å². The largest absolute Gasteiger partial charge is 0.321 e. The first-order valence-electron chi connectivity index (χ1n) is 8.28. The van der Waals surface area contributed by atoms with Crippen LogP contribution in [0.1, 0.15) is 26.3 Å². The zero-order chi connectivity index (χ0) is 19.9. The van der Waals surface area contributed by atoms with Crippen LogP contribution in [-0.4, -0.2) is 18.0 Å². The minimum Gasteiger partial charge on any atom is -0.321 e. The number of hydrazone groups is 1. The molecule has 0 fully saturated rings. The molecule has 0 saturated heterocycles. The van der Waals surface area contributed by atoms with E-state index in [1.54, 1.807) is 54.7 Å². The number of benzene rings is 3. The molecule has 5 nitrogen and oxygen atoms in total. The Kier molecular flexibility index (Phi) is 6.57. The summed E-state index contributed by atoms with van der Waals surface area (Å²) < 4.78 is 0.957. The smallest absolute Gasteiger partial charge is 0.273 e. The molecule has 0 radical (unpaired) electrons. The summed E-state index contributed by atoms with van der Waals surface area (Å²) in [6, 6.07) is 20.7. The molecule has 0 aromatic heterocycles. The number of amides is 2. The summed E-state index contributed by atoms with van der Waals surface area (Å²) >= 11 is 9.20. The van der Waals surface area contributed by atoms with E-state index in [9.17, 15) is 9.59 Å². The first-order valence-corrected chi connectivity index (χ1v) is 9.45. The van der Waals surface area contributed by atoms with Crippen LogP contribution in [-0.2, 0) is 0 Å². The normalized spacial score (nSPS) is 10.6. The van der Waals surface area contributed by atoms with Crippen molar-refractivity contribution in [2.24, 2.45) is 5.10 Å². The van der Waals surface area contributed by atoms with Crippen LogP contribution < -0.4 is 10.7 Å². The van der Waals surface area contributed by atoms with Gasteiger partial charge in [-0.2, -0.15) is 5.10 Å². The Balaban J connectivity index is 1.70. The maximum Gasteiger partial charge on any atom is 0.273 e. The molecule has 0 bridgehead atoms. The van der Waals surface area contributed by atoms with Gasteiger partial charge in [-0.1, -0.05) is 51.8 Å². The Morgan fingerprint density at radius 2 is 1.57 bits per heavy atom. The average molecular weight is 457 g/mol. The summed E-state index contributed by atoms with van der Waals surface area (Å²) in [5.74, 6) is -0.768. The molecule has 7 heteroatoms. The molecule has 2 N–H and O–H groups in total. The van der Waals surface area contributed by atoms with Gasteiger partial charge >= 0.3 is 0 Å². The predicted octanol–water partition coefficient (Wildman–Crippen LogP) is 5.12. The minimum absolute atomic E-state index is 0.303. The lowest BCUT2D eigenvalue weighted by Crippen LogP contribution is -2.21. The van der Waals surface area contributed by atoms with Crippen molar-refractivity contribution in [3.05, 3.63) is 99.0 Å². The molecule has 0 saturated carbocycles. The number of para-hydroxylation sites is 1. The maximum atomic E-state index is 12.5. The highest BCUT2D eigenvalue weighted by Crippen LogP contribution is 2.17. The molecule has 0 aliphatic carbocycles. The number of nitrogens with zero attached hydrogens (tertiary/aromatic N) is 1. The third kappa shape index (κ3) is 5.28. The van der Waals surface area contributed by atoms with Gasteiger partial charge in [-0.05, 0) is 54.1 Å². The lowest BCUT2D eigenvalue weighted by atomic mass is 10.1. The second-order valence-electron chi connectivity index (χ2n) is 5.76. The van der Waals surface area contributed by atoms with E-state index >= 15 is 0 Å². The summed E-state index contributed by atoms with van der Waals surface area (Å²) in [7, 11) is 0. The molecule has 0 spiro atoms. The summed E-state index contributed by atoms with van der Waals surface area (Å²) in [6.07, 6.45) is 1.54. The van der Waals surface area contributed by atoms with E-state index in [1.807, 2.05) is 24.3 Å². The average Bonchev–Trinajstić information content (AvgIpc) is 2.70. The minimum atomic E-state index is -0.430. The van der Waals surface area contributed by atoms with Gasteiger partial charge in [0.05, 0.1) is 17.5 Å². The molecule has 3 rings (SSSR count). The zero-order valence-corrected chi connectivity index (χ0v) is 16.9. The van der Waals surface area contributed by atoms with Gasteiger partial charge in [-0.15, -0.1) is 0 Å². The molecule has 3 aromatic carbocycles. The van der Waals surface area contributed by atoms with Gasteiger partial charge in [-0.3, -0.25) is 9.59 Å². The van der Waals surface area contributed by atoms with Crippen LogP contribution in [0.15, 0.2) is 82.4 Å². The summed E-state index contributed by atoms with van der Waals surface area (Å²) in [4.78, 5) is 24.9. The lowest BCUT2D eigenvalue weighted by molar-refractivity contribution is 0.0956. The monoisotopic (exact) mass is 455 g/mol. The predicted molar refractivity (Wildman–Crippen MR) is 115 cm³/mol. The van der Waals surface area contributed by atoms with E-state index in [-0.39, 0.29) is 5.91 Å². The Morgan fingerprint density at radius 1 is 0.893 bits per heavy atom. The highest BCUT2D eigenvalue weighted by molar-refractivity contribution is 9.10. The number of halogens is 2. The van der Waals surface area contributed by atoms with E-state index in [2.05, 4.69) is 31.8 Å². The van der Waals surface area contributed by atoms with E-state index in [4.69, 9.17) is 11.6 Å².